The van der Waals surface area contributed by atoms with Crippen LogP contribution in [0.25, 0.3) is 10.2 Å². The lowest BCUT2D eigenvalue weighted by atomic mass is 10.1. The van der Waals surface area contributed by atoms with Crippen molar-refractivity contribution in [1.82, 2.24) is 4.98 Å². The summed E-state index contributed by atoms with van der Waals surface area (Å²) >= 11 is 1.63. The van der Waals surface area contributed by atoms with Crippen LogP contribution in [0, 0.1) is 25.2 Å². The molecule has 0 bridgehead atoms. The molecule has 0 N–H and O–H groups in total. The molecule has 0 aliphatic rings. The lowest BCUT2D eigenvalue weighted by molar-refractivity contribution is 1.32. The van der Waals surface area contributed by atoms with Crippen LogP contribution < -0.4 is 0 Å². The van der Waals surface area contributed by atoms with Gasteiger partial charge in [-0.3, -0.25) is 0 Å². The first kappa shape index (κ1) is 8.21. The molecule has 0 atom stereocenters. The first-order valence-electron chi connectivity index (χ1n) is 3.99. The SMILES string of the molecule is Cc1nc2c(C#N)c(C)ccc2s1. The van der Waals surface area contributed by atoms with E-state index in [1.165, 1.54) is 0 Å². The number of rotatable bonds is 0. The van der Waals surface area contributed by atoms with Crippen molar-refractivity contribution >= 4 is 21.6 Å². The van der Waals surface area contributed by atoms with Crippen LogP contribution >= 0.6 is 11.3 Å². The van der Waals surface area contributed by atoms with Gasteiger partial charge in [0.15, 0.2) is 0 Å². The van der Waals surface area contributed by atoms with Gasteiger partial charge in [0, 0.05) is 0 Å². The molecule has 2 rings (SSSR count). The molecule has 13 heavy (non-hydrogen) atoms. The van der Waals surface area contributed by atoms with Crippen molar-refractivity contribution in [2.45, 2.75) is 13.8 Å². The topological polar surface area (TPSA) is 36.7 Å². The molecule has 0 spiro atoms. The standard InChI is InChI=1S/C10H8N2S/c1-6-3-4-9-10(8(6)5-11)12-7(2)13-9/h3-4H,1-2H3. The van der Waals surface area contributed by atoms with Gasteiger partial charge in [-0.05, 0) is 25.5 Å². The van der Waals surface area contributed by atoms with Crippen LogP contribution in [-0.2, 0) is 0 Å². The van der Waals surface area contributed by atoms with E-state index in [1.54, 1.807) is 11.3 Å². The monoisotopic (exact) mass is 188 g/mol. The minimum atomic E-state index is 0.710. The van der Waals surface area contributed by atoms with Gasteiger partial charge in [-0.15, -0.1) is 11.3 Å². The Bertz CT molecular complexity index is 505. The van der Waals surface area contributed by atoms with Crippen LogP contribution in [0.1, 0.15) is 16.1 Å². The molecule has 0 saturated carbocycles. The zero-order chi connectivity index (χ0) is 9.42. The third kappa shape index (κ3) is 1.20. The van der Waals surface area contributed by atoms with E-state index in [4.69, 9.17) is 5.26 Å². The van der Waals surface area contributed by atoms with Crippen LogP contribution in [0.15, 0.2) is 12.1 Å². The molecule has 1 aromatic carbocycles. The highest BCUT2D eigenvalue weighted by molar-refractivity contribution is 7.18. The Hall–Kier alpha value is -1.40. The highest BCUT2D eigenvalue weighted by Crippen LogP contribution is 2.25. The number of aromatic nitrogens is 1. The fourth-order valence-electron chi connectivity index (χ4n) is 1.35. The molecular formula is C10H8N2S. The van der Waals surface area contributed by atoms with E-state index in [9.17, 15) is 0 Å². The average molecular weight is 188 g/mol. The highest BCUT2D eigenvalue weighted by atomic mass is 32.1. The summed E-state index contributed by atoms with van der Waals surface area (Å²) in [5.74, 6) is 0. The lowest BCUT2D eigenvalue weighted by Crippen LogP contribution is -1.83. The summed E-state index contributed by atoms with van der Waals surface area (Å²) in [4.78, 5) is 4.34. The van der Waals surface area contributed by atoms with Gasteiger partial charge in [0.2, 0.25) is 0 Å². The van der Waals surface area contributed by atoms with Gasteiger partial charge < -0.3 is 0 Å². The maximum Gasteiger partial charge on any atom is 0.102 e. The smallest absolute Gasteiger partial charge is 0.102 e. The molecule has 2 nitrogen and oxygen atoms in total. The summed E-state index contributed by atoms with van der Waals surface area (Å²) in [7, 11) is 0. The third-order valence-corrected chi connectivity index (χ3v) is 2.92. The largest absolute Gasteiger partial charge is 0.240 e. The van der Waals surface area contributed by atoms with E-state index in [1.807, 2.05) is 26.0 Å². The minimum absolute atomic E-state index is 0.710. The number of benzene rings is 1. The van der Waals surface area contributed by atoms with Crippen molar-refractivity contribution < 1.29 is 0 Å². The average Bonchev–Trinajstić information content (AvgIpc) is 2.45. The fraction of sp³-hybridized carbons (Fsp3) is 0.200. The van der Waals surface area contributed by atoms with Crippen LogP contribution in [0.2, 0.25) is 0 Å². The van der Waals surface area contributed by atoms with Gasteiger partial charge in [0.25, 0.3) is 0 Å². The molecule has 0 unspecified atom stereocenters. The zero-order valence-corrected chi connectivity index (χ0v) is 8.27. The van der Waals surface area contributed by atoms with E-state index >= 15 is 0 Å². The van der Waals surface area contributed by atoms with Gasteiger partial charge in [-0.1, -0.05) is 6.07 Å². The van der Waals surface area contributed by atoms with Crippen LogP contribution in [-0.4, -0.2) is 4.98 Å². The Morgan fingerprint density at radius 2 is 2.15 bits per heavy atom. The van der Waals surface area contributed by atoms with E-state index in [-0.39, 0.29) is 0 Å². The maximum absolute atomic E-state index is 8.94. The molecule has 0 amide bonds. The van der Waals surface area contributed by atoms with Gasteiger partial charge in [0.1, 0.15) is 6.07 Å². The second-order valence-corrected chi connectivity index (χ2v) is 4.18. The summed E-state index contributed by atoms with van der Waals surface area (Å²) in [6.45, 7) is 3.90. The number of aryl methyl sites for hydroxylation is 2. The number of nitriles is 1. The predicted octanol–water partition coefficient (Wildman–Crippen LogP) is 2.78. The number of fused-ring (bicyclic) bond motifs is 1. The van der Waals surface area contributed by atoms with Crippen molar-refractivity contribution in [3.05, 3.63) is 28.3 Å². The zero-order valence-electron chi connectivity index (χ0n) is 7.46. The van der Waals surface area contributed by atoms with Crippen LogP contribution in [0.5, 0.6) is 0 Å². The van der Waals surface area contributed by atoms with Gasteiger partial charge in [-0.2, -0.15) is 5.26 Å². The van der Waals surface area contributed by atoms with Crippen molar-refractivity contribution in [2.24, 2.45) is 0 Å². The Balaban J connectivity index is 2.93. The van der Waals surface area contributed by atoms with Crippen molar-refractivity contribution in [2.75, 3.05) is 0 Å². The first-order chi connectivity index (χ1) is 6.22. The summed E-state index contributed by atoms with van der Waals surface area (Å²) in [5.41, 5.74) is 2.56. The fourth-order valence-corrected chi connectivity index (χ4v) is 2.18. The van der Waals surface area contributed by atoms with E-state index in [0.29, 0.717) is 5.56 Å². The molecule has 64 valence electrons. The first-order valence-corrected chi connectivity index (χ1v) is 4.81. The van der Waals surface area contributed by atoms with Crippen LogP contribution in [0.3, 0.4) is 0 Å². The Labute approximate surface area is 80.5 Å². The van der Waals surface area contributed by atoms with Crippen molar-refractivity contribution in [1.29, 1.82) is 5.26 Å². The molecule has 1 heterocycles. The highest BCUT2D eigenvalue weighted by Gasteiger charge is 2.07. The normalized spacial score (nSPS) is 10.2. The van der Waals surface area contributed by atoms with Crippen molar-refractivity contribution in [3.8, 4) is 6.07 Å². The number of thiazole rings is 1. The number of nitrogens with zero attached hydrogens (tertiary/aromatic N) is 2. The molecule has 0 aliphatic heterocycles. The van der Waals surface area contributed by atoms with Crippen LogP contribution in [0.4, 0.5) is 0 Å². The molecule has 2 aromatic rings. The molecule has 0 fully saturated rings. The molecule has 1 aromatic heterocycles. The quantitative estimate of drug-likeness (QED) is 0.637. The second-order valence-electron chi connectivity index (χ2n) is 2.95. The molecule has 0 saturated heterocycles. The third-order valence-electron chi connectivity index (χ3n) is 1.99. The Morgan fingerprint density at radius 3 is 2.85 bits per heavy atom. The van der Waals surface area contributed by atoms with E-state index < -0.39 is 0 Å². The summed E-state index contributed by atoms with van der Waals surface area (Å²) in [5, 5.41) is 9.95. The Morgan fingerprint density at radius 1 is 1.38 bits per heavy atom. The van der Waals surface area contributed by atoms with E-state index in [0.717, 1.165) is 20.8 Å². The second kappa shape index (κ2) is 2.82. The van der Waals surface area contributed by atoms with E-state index in [2.05, 4.69) is 11.1 Å². The summed E-state index contributed by atoms with van der Waals surface area (Å²) in [6.07, 6.45) is 0. The van der Waals surface area contributed by atoms with Gasteiger partial charge in [0.05, 0.1) is 20.8 Å². The molecular weight excluding hydrogens is 180 g/mol. The maximum atomic E-state index is 8.94. The number of hydrogen-bond acceptors (Lipinski definition) is 3. The Kier molecular flexibility index (Phi) is 1.78. The molecule has 3 heteroatoms. The summed E-state index contributed by atoms with van der Waals surface area (Å²) < 4.78 is 1.10. The van der Waals surface area contributed by atoms with Gasteiger partial charge in [-0.25, -0.2) is 4.98 Å². The number of hydrogen-bond donors (Lipinski definition) is 0. The predicted molar refractivity (Wildman–Crippen MR) is 53.8 cm³/mol. The molecule has 0 aliphatic carbocycles. The summed E-state index contributed by atoms with van der Waals surface area (Å²) in [6, 6.07) is 6.19. The van der Waals surface area contributed by atoms with Gasteiger partial charge >= 0.3 is 0 Å². The lowest BCUT2D eigenvalue weighted by Gasteiger charge is -1.95. The molecule has 0 radical (unpaired) electrons. The van der Waals surface area contributed by atoms with Crippen molar-refractivity contribution in [3.63, 3.8) is 0 Å². The minimum Gasteiger partial charge on any atom is -0.240 e.